The predicted octanol–water partition coefficient (Wildman–Crippen LogP) is 3.99. The molecule has 1 aliphatic heterocycles. The fourth-order valence-electron chi connectivity index (χ4n) is 3.40. The number of likely N-dealkylation sites (N-methyl/N-ethyl adjacent to an activating group) is 1. The Morgan fingerprint density at radius 2 is 1.90 bits per heavy atom. The lowest BCUT2D eigenvalue weighted by molar-refractivity contribution is -0.152. The van der Waals surface area contributed by atoms with Crippen LogP contribution < -0.4 is 0 Å². The van der Waals surface area contributed by atoms with Crippen molar-refractivity contribution in [3.05, 3.63) is 83.4 Å². The molecule has 0 radical (unpaired) electrons. The number of nitrogens with zero attached hydrogens (tertiary/aromatic N) is 1. The predicted molar refractivity (Wildman–Crippen MR) is 112 cm³/mol. The van der Waals surface area contributed by atoms with E-state index in [1.807, 2.05) is 36.4 Å². The summed E-state index contributed by atoms with van der Waals surface area (Å²) in [7, 11) is 1.69. The summed E-state index contributed by atoms with van der Waals surface area (Å²) >= 11 is 0. The molecule has 0 spiro atoms. The molecule has 30 heavy (non-hydrogen) atoms. The molecule has 0 bridgehead atoms. The van der Waals surface area contributed by atoms with Gasteiger partial charge in [-0.25, -0.2) is 4.39 Å². The van der Waals surface area contributed by atoms with Crippen LogP contribution in [-0.4, -0.2) is 42.5 Å². The maximum Gasteiger partial charge on any atom is 0.288 e. The lowest BCUT2D eigenvalue weighted by atomic mass is 9.93. The minimum absolute atomic E-state index is 0.000892. The fourth-order valence-corrected chi connectivity index (χ4v) is 3.40. The molecule has 3 rings (SSSR count). The highest BCUT2D eigenvalue weighted by molar-refractivity contribution is 5.91. The van der Waals surface area contributed by atoms with Gasteiger partial charge in [-0.3, -0.25) is 4.79 Å². The first-order valence-electron chi connectivity index (χ1n) is 10.2. The topological polar surface area (TPSA) is 59.0 Å². The van der Waals surface area contributed by atoms with E-state index < -0.39 is 6.29 Å². The molecule has 5 nitrogen and oxygen atoms in total. The van der Waals surface area contributed by atoms with Gasteiger partial charge in [0, 0.05) is 32.5 Å². The molecule has 160 valence electrons. The maximum absolute atomic E-state index is 13.1. The van der Waals surface area contributed by atoms with Crippen LogP contribution in [0.4, 0.5) is 4.39 Å². The molecular formula is C24H28FNO4. The molecule has 1 N–H and O–H groups in total. The van der Waals surface area contributed by atoms with Gasteiger partial charge in [0.2, 0.25) is 6.29 Å². The molecule has 0 unspecified atom stereocenters. The molecule has 0 saturated carbocycles. The largest absolute Gasteiger partial charge is 0.459 e. The van der Waals surface area contributed by atoms with Crippen LogP contribution in [0.5, 0.6) is 0 Å². The number of benzene rings is 2. The summed E-state index contributed by atoms with van der Waals surface area (Å²) in [6.07, 6.45) is 3.33. The van der Waals surface area contributed by atoms with Crippen molar-refractivity contribution in [2.24, 2.45) is 0 Å². The zero-order chi connectivity index (χ0) is 21.3. The van der Waals surface area contributed by atoms with Gasteiger partial charge >= 0.3 is 0 Å². The minimum atomic E-state index is -0.530. The number of aliphatic hydroxyl groups excluding tert-OH is 1. The normalized spacial score (nSPS) is 18.4. The average molecular weight is 413 g/mol. The molecule has 0 saturated heterocycles. The maximum atomic E-state index is 13.1. The van der Waals surface area contributed by atoms with Gasteiger partial charge in [0.1, 0.15) is 5.82 Å². The number of hydrogen-bond donors (Lipinski definition) is 1. The molecule has 1 amide bonds. The van der Waals surface area contributed by atoms with Crippen LogP contribution in [-0.2, 0) is 20.8 Å². The molecular weight excluding hydrogens is 385 g/mol. The second kappa shape index (κ2) is 10.9. The standard InChI is InChI=1S/C24H28FNO4/c1-26(17-18-9-11-21(25)12-10-18)24(28)22-15-20(19-7-3-2-4-8-19)16-23(30-22)29-14-6-5-13-27/h2-4,7-12,15,20,23,27H,5-6,13-14,16-17H2,1H3/t20-,23+/m1/s1. The number of allylic oxidation sites excluding steroid dienone is 1. The van der Waals surface area contributed by atoms with Crippen LogP contribution in [0.3, 0.4) is 0 Å². The Morgan fingerprint density at radius 3 is 2.60 bits per heavy atom. The van der Waals surface area contributed by atoms with Gasteiger partial charge < -0.3 is 19.5 Å². The van der Waals surface area contributed by atoms with Crippen LogP contribution >= 0.6 is 0 Å². The average Bonchev–Trinajstić information content (AvgIpc) is 2.78. The zero-order valence-electron chi connectivity index (χ0n) is 17.2. The quantitative estimate of drug-likeness (QED) is 0.632. The first kappa shape index (κ1) is 22.0. The molecule has 0 aliphatic carbocycles. The van der Waals surface area contributed by atoms with Crippen molar-refractivity contribution in [3.8, 4) is 0 Å². The van der Waals surface area contributed by atoms with Crippen LogP contribution in [0.2, 0.25) is 0 Å². The number of rotatable bonds is 9. The first-order valence-corrected chi connectivity index (χ1v) is 10.2. The molecule has 1 aliphatic rings. The van der Waals surface area contributed by atoms with Crippen molar-refractivity contribution in [2.75, 3.05) is 20.3 Å². The molecule has 2 atom stereocenters. The third-order valence-electron chi connectivity index (χ3n) is 5.03. The van der Waals surface area contributed by atoms with Crippen molar-refractivity contribution in [3.63, 3.8) is 0 Å². The van der Waals surface area contributed by atoms with Gasteiger partial charge in [-0.05, 0) is 42.2 Å². The van der Waals surface area contributed by atoms with Gasteiger partial charge in [-0.1, -0.05) is 42.5 Å². The number of ether oxygens (including phenoxy) is 2. The van der Waals surface area contributed by atoms with E-state index in [-0.39, 0.29) is 30.0 Å². The van der Waals surface area contributed by atoms with E-state index in [2.05, 4.69) is 0 Å². The van der Waals surface area contributed by atoms with Crippen LogP contribution in [0.25, 0.3) is 0 Å². The Labute approximate surface area is 176 Å². The van der Waals surface area contributed by atoms with Crippen LogP contribution in [0.15, 0.2) is 66.4 Å². The number of aliphatic hydroxyl groups is 1. The van der Waals surface area contributed by atoms with Crippen molar-refractivity contribution in [1.29, 1.82) is 0 Å². The van der Waals surface area contributed by atoms with E-state index in [1.165, 1.54) is 12.1 Å². The number of carbonyl (C=O) groups excluding carboxylic acids is 1. The van der Waals surface area contributed by atoms with E-state index >= 15 is 0 Å². The Hall–Kier alpha value is -2.70. The summed E-state index contributed by atoms with van der Waals surface area (Å²) in [5, 5.41) is 8.94. The van der Waals surface area contributed by atoms with Gasteiger partial charge in [0.25, 0.3) is 5.91 Å². The monoisotopic (exact) mass is 413 g/mol. The van der Waals surface area contributed by atoms with Gasteiger partial charge in [0.15, 0.2) is 5.76 Å². The highest BCUT2D eigenvalue weighted by atomic mass is 19.1. The Bertz CT molecular complexity index is 838. The summed E-state index contributed by atoms with van der Waals surface area (Å²) in [5.74, 6) is -0.297. The summed E-state index contributed by atoms with van der Waals surface area (Å²) in [4.78, 5) is 14.6. The Balaban J connectivity index is 1.72. The summed E-state index contributed by atoms with van der Waals surface area (Å²) in [5.41, 5.74) is 1.93. The molecule has 2 aromatic rings. The van der Waals surface area contributed by atoms with Crippen molar-refractivity contribution >= 4 is 5.91 Å². The minimum Gasteiger partial charge on any atom is -0.459 e. The number of halogens is 1. The molecule has 0 aromatic heterocycles. The second-order valence-electron chi connectivity index (χ2n) is 7.42. The lowest BCUT2D eigenvalue weighted by Crippen LogP contribution is -2.34. The van der Waals surface area contributed by atoms with Crippen molar-refractivity contribution < 1.29 is 23.8 Å². The smallest absolute Gasteiger partial charge is 0.288 e. The summed E-state index contributed by atoms with van der Waals surface area (Å²) < 4.78 is 24.9. The molecule has 6 heteroatoms. The lowest BCUT2D eigenvalue weighted by Gasteiger charge is -2.31. The molecule has 1 heterocycles. The number of unbranched alkanes of at least 4 members (excludes halogenated alkanes) is 1. The second-order valence-corrected chi connectivity index (χ2v) is 7.42. The first-order chi connectivity index (χ1) is 14.6. The van der Waals surface area contributed by atoms with E-state index in [4.69, 9.17) is 14.6 Å². The van der Waals surface area contributed by atoms with E-state index in [0.29, 0.717) is 26.0 Å². The van der Waals surface area contributed by atoms with Crippen LogP contribution in [0.1, 0.15) is 36.3 Å². The molecule has 2 aromatic carbocycles. The van der Waals surface area contributed by atoms with Gasteiger partial charge in [0.05, 0.1) is 6.61 Å². The van der Waals surface area contributed by atoms with Crippen molar-refractivity contribution in [1.82, 2.24) is 4.90 Å². The Kier molecular flexibility index (Phi) is 7.99. The SMILES string of the molecule is CN(Cc1ccc(F)cc1)C(=O)C1=C[C@@H](c2ccccc2)C[C@@H](OCCCCO)O1. The highest BCUT2D eigenvalue weighted by Crippen LogP contribution is 2.32. The van der Waals surface area contributed by atoms with Crippen LogP contribution in [0, 0.1) is 5.82 Å². The Morgan fingerprint density at radius 1 is 1.17 bits per heavy atom. The third-order valence-corrected chi connectivity index (χ3v) is 5.03. The number of hydrogen-bond acceptors (Lipinski definition) is 4. The van der Waals surface area contributed by atoms with Gasteiger partial charge in [-0.2, -0.15) is 0 Å². The zero-order valence-corrected chi connectivity index (χ0v) is 17.2. The summed E-state index contributed by atoms with van der Waals surface area (Å²) in [6.45, 7) is 0.927. The third kappa shape index (κ3) is 6.15. The number of carbonyl (C=O) groups is 1. The fraction of sp³-hybridized carbons (Fsp3) is 0.375. The van der Waals surface area contributed by atoms with E-state index in [1.54, 1.807) is 24.1 Å². The van der Waals surface area contributed by atoms with E-state index in [0.717, 1.165) is 17.5 Å². The van der Waals surface area contributed by atoms with E-state index in [9.17, 15) is 9.18 Å². The van der Waals surface area contributed by atoms with Crippen molar-refractivity contribution in [2.45, 2.75) is 38.0 Å². The van der Waals surface area contributed by atoms with Gasteiger partial charge in [-0.15, -0.1) is 0 Å². The molecule has 0 fully saturated rings. The summed E-state index contributed by atoms with van der Waals surface area (Å²) in [6, 6.07) is 16.0. The number of amides is 1. The highest BCUT2D eigenvalue weighted by Gasteiger charge is 2.30.